The Morgan fingerprint density at radius 2 is 1.66 bits per heavy atom. The first-order valence-corrected chi connectivity index (χ1v) is 10.3. The van der Waals surface area contributed by atoms with Crippen molar-refractivity contribution >= 4 is 40.3 Å². The van der Waals surface area contributed by atoms with Crippen LogP contribution in [-0.2, 0) is 4.79 Å². The van der Waals surface area contributed by atoms with Gasteiger partial charge in [-0.15, -0.1) is 0 Å². The first-order valence-electron chi connectivity index (χ1n) is 9.25. The van der Waals surface area contributed by atoms with E-state index in [0.717, 1.165) is 33.8 Å². The van der Waals surface area contributed by atoms with Gasteiger partial charge in [0.05, 0.1) is 0 Å². The van der Waals surface area contributed by atoms with Crippen LogP contribution >= 0.6 is 22.6 Å². The van der Waals surface area contributed by atoms with Crippen LogP contribution in [0, 0.1) is 42.6 Å². The van der Waals surface area contributed by atoms with E-state index in [1.54, 1.807) is 6.08 Å². The lowest BCUT2D eigenvalue weighted by molar-refractivity contribution is -0.112. The third kappa shape index (κ3) is 4.77. The predicted octanol–water partition coefficient (Wildman–Crippen LogP) is 5.86. The van der Waals surface area contributed by atoms with E-state index >= 15 is 0 Å². The number of hydrogen-bond acceptors (Lipinski definition) is 2. The third-order valence-corrected chi connectivity index (χ3v) is 5.42. The number of rotatable bonds is 4. The molecule has 3 rings (SSSR count). The summed E-state index contributed by atoms with van der Waals surface area (Å²) in [5.41, 5.74) is 6.82. The quantitative estimate of drug-likeness (QED) is 0.280. The maximum absolute atomic E-state index is 12.7. The maximum Gasteiger partial charge on any atom is 0.266 e. The molecule has 1 heterocycles. The number of anilines is 1. The summed E-state index contributed by atoms with van der Waals surface area (Å²) in [5, 5.41) is 12.4. The molecule has 0 radical (unpaired) electrons. The predicted molar refractivity (Wildman–Crippen MR) is 126 cm³/mol. The monoisotopic (exact) mass is 495 g/mol. The van der Waals surface area contributed by atoms with Crippen molar-refractivity contribution in [3.8, 4) is 11.8 Å². The molecule has 0 atom stereocenters. The van der Waals surface area contributed by atoms with Crippen LogP contribution in [0.15, 0.2) is 54.1 Å². The standard InChI is InChI=1S/C24H22IN3O/c1-15-9-16(2)11-22(10-15)27-24(29)20(14-26)13-19-12-17(3)28(18(19)4)23-7-5-21(25)6-8-23/h5-13H,1-4H3,(H,27,29)/b20-13-. The summed E-state index contributed by atoms with van der Waals surface area (Å²) in [6.07, 6.45) is 1.66. The topological polar surface area (TPSA) is 57.8 Å². The second-order valence-corrected chi connectivity index (χ2v) is 8.38. The number of nitriles is 1. The fraction of sp³-hybridized carbons (Fsp3) is 0.167. The lowest BCUT2D eigenvalue weighted by Gasteiger charge is -2.10. The molecule has 0 aliphatic heterocycles. The normalized spacial score (nSPS) is 11.2. The van der Waals surface area contributed by atoms with Crippen molar-refractivity contribution in [1.29, 1.82) is 5.26 Å². The van der Waals surface area contributed by atoms with Gasteiger partial charge in [-0.3, -0.25) is 4.79 Å². The first-order chi connectivity index (χ1) is 13.8. The van der Waals surface area contributed by atoms with Crippen molar-refractivity contribution in [3.05, 3.63) is 85.8 Å². The zero-order valence-electron chi connectivity index (χ0n) is 16.9. The van der Waals surface area contributed by atoms with Crippen LogP contribution in [0.5, 0.6) is 0 Å². The van der Waals surface area contributed by atoms with Gasteiger partial charge in [-0.05, 0) is 116 Å². The van der Waals surface area contributed by atoms with E-state index in [9.17, 15) is 10.1 Å². The SMILES string of the molecule is Cc1cc(C)cc(NC(=O)/C(C#N)=C\c2cc(C)n(-c3ccc(I)cc3)c2C)c1. The van der Waals surface area contributed by atoms with Gasteiger partial charge in [0, 0.05) is 26.3 Å². The second-order valence-electron chi connectivity index (χ2n) is 7.14. The number of nitrogens with one attached hydrogen (secondary N) is 1. The van der Waals surface area contributed by atoms with Gasteiger partial charge >= 0.3 is 0 Å². The van der Waals surface area contributed by atoms with E-state index in [4.69, 9.17) is 0 Å². The van der Waals surface area contributed by atoms with Gasteiger partial charge in [-0.25, -0.2) is 0 Å². The summed E-state index contributed by atoms with van der Waals surface area (Å²) in [5.74, 6) is -0.406. The van der Waals surface area contributed by atoms with Crippen LogP contribution < -0.4 is 5.32 Å². The van der Waals surface area contributed by atoms with Gasteiger partial charge < -0.3 is 9.88 Å². The Bertz CT molecular complexity index is 1130. The molecule has 0 unspecified atom stereocenters. The van der Waals surface area contributed by atoms with Gasteiger partial charge in [0.15, 0.2) is 0 Å². The lowest BCUT2D eigenvalue weighted by atomic mass is 10.1. The minimum absolute atomic E-state index is 0.0759. The van der Waals surface area contributed by atoms with Crippen molar-refractivity contribution < 1.29 is 4.79 Å². The molecule has 3 aromatic rings. The molecule has 0 aliphatic rings. The third-order valence-electron chi connectivity index (χ3n) is 4.70. The van der Waals surface area contributed by atoms with E-state index in [0.29, 0.717) is 5.69 Å². The maximum atomic E-state index is 12.7. The number of amides is 1. The number of halogens is 1. The van der Waals surface area contributed by atoms with Crippen LogP contribution in [0.4, 0.5) is 5.69 Å². The van der Waals surface area contributed by atoms with Gasteiger partial charge in [-0.1, -0.05) is 6.07 Å². The van der Waals surface area contributed by atoms with Crippen molar-refractivity contribution in [2.45, 2.75) is 27.7 Å². The number of nitrogens with zero attached hydrogens (tertiary/aromatic N) is 2. The van der Waals surface area contributed by atoms with E-state index in [2.05, 4.69) is 56.7 Å². The zero-order chi connectivity index (χ0) is 21.1. The molecule has 0 fully saturated rings. The highest BCUT2D eigenvalue weighted by Gasteiger charge is 2.14. The molecular weight excluding hydrogens is 473 g/mol. The highest BCUT2D eigenvalue weighted by Crippen LogP contribution is 2.24. The van der Waals surface area contributed by atoms with E-state index in [-0.39, 0.29) is 5.57 Å². The Kier molecular flexibility index (Phi) is 6.23. The molecule has 1 aromatic heterocycles. The summed E-state index contributed by atoms with van der Waals surface area (Å²) in [6.45, 7) is 7.96. The Morgan fingerprint density at radius 1 is 1.03 bits per heavy atom. The van der Waals surface area contributed by atoms with Gasteiger partial charge in [0.25, 0.3) is 5.91 Å². The van der Waals surface area contributed by atoms with Crippen molar-refractivity contribution in [1.82, 2.24) is 4.57 Å². The molecule has 146 valence electrons. The fourth-order valence-electron chi connectivity index (χ4n) is 3.47. The summed E-state index contributed by atoms with van der Waals surface area (Å²) in [4.78, 5) is 12.7. The molecule has 1 amide bonds. The average Bonchev–Trinajstić information content (AvgIpc) is 2.93. The molecule has 5 heteroatoms. The average molecular weight is 495 g/mol. The van der Waals surface area contributed by atoms with Crippen molar-refractivity contribution in [2.75, 3.05) is 5.32 Å². The van der Waals surface area contributed by atoms with Crippen LogP contribution in [0.3, 0.4) is 0 Å². The molecule has 29 heavy (non-hydrogen) atoms. The van der Waals surface area contributed by atoms with E-state index < -0.39 is 5.91 Å². The molecule has 0 saturated carbocycles. The largest absolute Gasteiger partial charge is 0.321 e. The molecule has 2 aromatic carbocycles. The number of hydrogen-bond donors (Lipinski definition) is 1. The lowest BCUT2D eigenvalue weighted by Crippen LogP contribution is -2.13. The van der Waals surface area contributed by atoms with Crippen molar-refractivity contribution in [3.63, 3.8) is 0 Å². The highest BCUT2D eigenvalue weighted by atomic mass is 127. The fourth-order valence-corrected chi connectivity index (χ4v) is 3.83. The summed E-state index contributed by atoms with van der Waals surface area (Å²) >= 11 is 2.28. The molecular formula is C24H22IN3O. The minimum Gasteiger partial charge on any atom is -0.321 e. The molecule has 0 saturated heterocycles. The first kappa shape index (κ1) is 20.9. The van der Waals surface area contributed by atoms with Crippen LogP contribution in [-0.4, -0.2) is 10.5 Å². The molecule has 4 nitrogen and oxygen atoms in total. The Morgan fingerprint density at radius 3 is 2.24 bits per heavy atom. The van der Waals surface area contributed by atoms with Crippen molar-refractivity contribution in [2.24, 2.45) is 0 Å². The van der Waals surface area contributed by atoms with Crippen LogP contribution in [0.25, 0.3) is 11.8 Å². The van der Waals surface area contributed by atoms with E-state index in [1.807, 2.05) is 58.0 Å². The number of carbonyl (C=O) groups is 1. The van der Waals surface area contributed by atoms with Gasteiger partial charge in [-0.2, -0.15) is 5.26 Å². The minimum atomic E-state index is -0.406. The number of carbonyl (C=O) groups excluding carboxylic acids is 1. The Balaban J connectivity index is 1.93. The molecule has 0 spiro atoms. The molecule has 1 N–H and O–H groups in total. The van der Waals surface area contributed by atoms with Gasteiger partial charge in [0.2, 0.25) is 0 Å². The molecule has 0 aliphatic carbocycles. The molecule has 0 bridgehead atoms. The summed E-state index contributed by atoms with van der Waals surface area (Å²) in [7, 11) is 0. The number of aryl methyl sites for hydroxylation is 3. The Hall–Kier alpha value is -2.85. The highest BCUT2D eigenvalue weighted by molar-refractivity contribution is 14.1. The van der Waals surface area contributed by atoms with Crippen LogP contribution in [0.2, 0.25) is 0 Å². The second kappa shape index (κ2) is 8.66. The van der Waals surface area contributed by atoms with Gasteiger partial charge in [0.1, 0.15) is 11.6 Å². The van der Waals surface area contributed by atoms with Crippen LogP contribution in [0.1, 0.15) is 28.1 Å². The number of benzene rings is 2. The number of aromatic nitrogens is 1. The van der Waals surface area contributed by atoms with E-state index in [1.165, 1.54) is 3.57 Å². The summed E-state index contributed by atoms with van der Waals surface area (Å²) < 4.78 is 3.29. The smallest absolute Gasteiger partial charge is 0.266 e. The Labute approximate surface area is 185 Å². The zero-order valence-corrected chi connectivity index (χ0v) is 19.0. The summed E-state index contributed by atoms with van der Waals surface area (Å²) in [6, 6.07) is 18.1.